The summed E-state index contributed by atoms with van der Waals surface area (Å²) in [6, 6.07) is 12.7. The number of hydrogen-bond acceptors (Lipinski definition) is 8. The summed E-state index contributed by atoms with van der Waals surface area (Å²) in [5.41, 5.74) is 0.385. The van der Waals surface area contributed by atoms with Crippen molar-refractivity contribution in [3.8, 4) is 28.9 Å². The molecule has 10 nitrogen and oxygen atoms in total. The Kier molecular flexibility index (Phi) is 5.53. The smallest absolute Gasteiger partial charge is 0.262 e. The van der Waals surface area contributed by atoms with Gasteiger partial charge in [-0.2, -0.15) is 0 Å². The van der Waals surface area contributed by atoms with Gasteiger partial charge in [-0.3, -0.25) is 9.29 Å². The molecule has 0 radical (unpaired) electrons. The van der Waals surface area contributed by atoms with E-state index in [1.165, 1.54) is 18.5 Å². The first-order chi connectivity index (χ1) is 16.1. The summed E-state index contributed by atoms with van der Waals surface area (Å²) in [5.74, 6) is 2.39. The maximum Gasteiger partial charge on any atom is 0.262 e. The Balaban J connectivity index is 1.29. The number of sulfonamides is 1. The predicted molar refractivity (Wildman–Crippen MR) is 119 cm³/mol. The fraction of sp³-hybridized carbons (Fsp3) is 0.136. The molecule has 5 rings (SSSR count). The minimum Gasteiger partial charge on any atom is -0.490 e. The molecule has 3 heterocycles. The molecule has 2 aromatic heterocycles. The molecule has 1 N–H and O–H groups in total. The lowest BCUT2D eigenvalue weighted by Gasteiger charge is -2.12. The molecule has 0 saturated heterocycles. The van der Waals surface area contributed by atoms with Crippen molar-refractivity contribution in [3.05, 3.63) is 73.6 Å². The van der Waals surface area contributed by atoms with Crippen LogP contribution in [0.2, 0.25) is 0 Å². The molecule has 168 valence electrons. The largest absolute Gasteiger partial charge is 0.490 e. The first-order valence-corrected chi connectivity index (χ1v) is 11.6. The molecule has 1 aliphatic heterocycles. The summed E-state index contributed by atoms with van der Waals surface area (Å²) in [4.78, 5) is 12.4. The van der Waals surface area contributed by atoms with Crippen LogP contribution in [0.25, 0.3) is 5.82 Å². The summed E-state index contributed by atoms with van der Waals surface area (Å²) in [6.07, 6.45) is 7.16. The predicted octanol–water partition coefficient (Wildman–Crippen LogP) is 3.42. The van der Waals surface area contributed by atoms with E-state index in [9.17, 15) is 8.42 Å². The van der Waals surface area contributed by atoms with Crippen LogP contribution >= 0.6 is 0 Å². The highest BCUT2D eigenvalue weighted by Crippen LogP contribution is 2.32. The van der Waals surface area contributed by atoms with Crippen LogP contribution in [0.5, 0.6) is 23.1 Å². The van der Waals surface area contributed by atoms with E-state index in [0.29, 0.717) is 47.8 Å². The summed E-state index contributed by atoms with van der Waals surface area (Å²) in [5, 5.41) is 0. The Morgan fingerprint density at radius 1 is 0.970 bits per heavy atom. The molecule has 0 spiro atoms. The average molecular weight is 465 g/mol. The lowest BCUT2D eigenvalue weighted by molar-refractivity contribution is 0.297. The van der Waals surface area contributed by atoms with E-state index >= 15 is 0 Å². The van der Waals surface area contributed by atoms with Crippen molar-refractivity contribution in [1.82, 2.24) is 19.5 Å². The fourth-order valence-electron chi connectivity index (χ4n) is 3.16. The minimum absolute atomic E-state index is 0.0834. The molecule has 0 fully saturated rings. The van der Waals surface area contributed by atoms with Crippen LogP contribution in [0.4, 0.5) is 5.69 Å². The first-order valence-electron chi connectivity index (χ1n) is 10.1. The van der Waals surface area contributed by atoms with Crippen LogP contribution in [-0.2, 0) is 10.0 Å². The first kappa shape index (κ1) is 20.8. The van der Waals surface area contributed by atoms with Gasteiger partial charge < -0.3 is 14.2 Å². The molecule has 0 amide bonds. The number of rotatable bonds is 6. The van der Waals surface area contributed by atoms with E-state index in [1.807, 2.05) is 0 Å². The Labute approximate surface area is 189 Å². The summed E-state index contributed by atoms with van der Waals surface area (Å²) < 4.78 is 46.9. The van der Waals surface area contributed by atoms with Crippen molar-refractivity contribution >= 4 is 15.7 Å². The van der Waals surface area contributed by atoms with E-state index in [1.54, 1.807) is 59.7 Å². The minimum atomic E-state index is -3.82. The average Bonchev–Trinajstić information content (AvgIpc) is 3.26. The van der Waals surface area contributed by atoms with Crippen molar-refractivity contribution < 1.29 is 22.6 Å². The monoisotopic (exact) mass is 465 g/mol. The molecular formula is C22H19N5O5S. The molecule has 0 bridgehead atoms. The maximum atomic E-state index is 12.8. The van der Waals surface area contributed by atoms with E-state index in [2.05, 4.69) is 19.7 Å². The Morgan fingerprint density at radius 3 is 2.58 bits per heavy atom. The van der Waals surface area contributed by atoms with Gasteiger partial charge in [-0.05, 0) is 36.4 Å². The quantitative estimate of drug-likeness (QED) is 0.460. The molecule has 1 aliphatic rings. The molecule has 2 aromatic carbocycles. The van der Waals surface area contributed by atoms with Gasteiger partial charge in [0.1, 0.15) is 24.2 Å². The molecule has 11 heteroatoms. The zero-order valence-electron chi connectivity index (χ0n) is 17.3. The van der Waals surface area contributed by atoms with Crippen molar-refractivity contribution in [2.24, 2.45) is 0 Å². The van der Waals surface area contributed by atoms with E-state index in [0.717, 1.165) is 6.42 Å². The molecule has 0 atom stereocenters. The highest BCUT2D eigenvalue weighted by molar-refractivity contribution is 7.92. The van der Waals surface area contributed by atoms with Crippen LogP contribution in [0.15, 0.2) is 78.5 Å². The number of hydrogen-bond donors (Lipinski definition) is 1. The maximum absolute atomic E-state index is 12.8. The van der Waals surface area contributed by atoms with E-state index in [-0.39, 0.29) is 4.90 Å². The number of nitrogens with one attached hydrogen (secondary N) is 1. The molecule has 4 aromatic rings. The van der Waals surface area contributed by atoms with Crippen LogP contribution in [0, 0.1) is 0 Å². The number of anilines is 1. The van der Waals surface area contributed by atoms with Crippen LogP contribution in [-0.4, -0.2) is 41.2 Å². The van der Waals surface area contributed by atoms with Gasteiger partial charge in [0.15, 0.2) is 11.5 Å². The standard InChI is InChI=1S/C22H19N5O5S/c28-33(29,18-6-7-19-20(12-18)31-11-1-10-30-19)26-16-2-4-17(5-3-16)32-22-13-21(24-14-25-22)27-9-8-23-15-27/h2-9,12-15,26H,1,10-11H2. The zero-order chi connectivity index (χ0) is 22.7. The number of fused-ring (bicyclic) bond motifs is 1. The molecule has 33 heavy (non-hydrogen) atoms. The Hall–Kier alpha value is -4.12. The van der Waals surface area contributed by atoms with Crippen molar-refractivity contribution in [2.75, 3.05) is 17.9 Å². The van der Waals surface area contributed by atoms with E-state index in [4.69, 9.17) is 14.2 Å². The third kappa shape index (κ3) is 4.72. The second kappa shape index (κ2) is 8.79. The number of aromatic nitrogens is 4. The Bertz CT molecular complexity index is 1360. The SMILES string of the molecule is O=S(=O)(Nc1ccc(Oc2cc(-n3ccnc3)ncn2)cc1)c1ccc2c(c1)OCCCO2. The number of benzene rings is 2. The highest BCUT2D eigenvalue weighted by Gasteiger charge is 2.19. The number of ether oxygens (including phenoxy) is 3. The third-order valence-electron chi connectivity index (χ3n) is 4.75. The van der Waals surface area contributed by atoms with Crippen LogP contribution < -0.4 is 18.9 Å². The molecule has 0 unspecified atom stereocenters. The van der Waals surface area contributed by atoms with Gasteiger partial charge in [0.2, 0.25) is 5.88 Å². The highest BCUT2D eigenvalue weighted by atomic mass is 32.2. The van der Waals surface area contributed by atoms with Gasteiger partial charge in [0, 0.05) is 36.6 Å². The molecular weight excluding hydrogens is 446 g/mol. The Morgan fingerprint density at radius 2 is 1.79 bits per heavy atom. The lowest BCUT2D eigenvalue weighted by atomic mass is 10.3. The third-order valence-corrected chi connectivity index (χ3v) is 6.13. The number of nitrogens with zero attached hydrogens (tertiary/aromatic N) is 4. The lowest BCUT2D eigenvalue weighted by Crippen LogP contribution is -2.13. The van der Waals surface area contributed by atoms with Crippen LogP contribution in [0.3, 0.4) is 0 Å². The summed E-state index contributed by atoms with van der Waals surface area (Å²) >= 11 is 0. The molecule has 0 saturated carbocycles. The van der Waals surface area contributed by atoms with Crippen LogP contribution in [0.1, 0.15) is 6.42 Å². The second-order valence-corrected chi connectivity index (χ2v) is 8.76. The van der Waals surface area contributed by atoms with Crippen molar-refractivity contribution in [2.45, 2.75) is 11.3 Å². The fourth-order valence-corrected chi connectivity index (χ4v) is 4.23. The molecule has 0 aliphatic carbocycles. The van der Waals surface area contributed by atoms with Gasteiger partial charge >= 0.3 is 0 Å². The second-order valence-electron chi connectivity index (χ2n) is 7.08. The topological polar surface area (TPSA) is 117 Å². The van der Waals surface area contributed by atoms with E-state index < -0.39 is 10.0 Å². The van der Waals surface area contributed by atoms with Gasteiger partial charge in [-0.25, -0.2) is 23.4 Å². The van der Waals surface area contributed by atoms with Crippen molar-refractivity contribution in [3.63, 3.8) is 0 Å². The summed E-state index contributed by atoms with van der Waals surface area (Å²) in [7, 11) is -3.82. The number of imidazole rings is 1. The normalized spacial score (nSPS) is 13.2. The van der Waals surface area contributed by atoms with Gasteiger partial charge in [-0.1, -0.05) is 0 Å². The van der Waals surface area contributed by atoms with Gasteiger partial charge in [0.25, 0.3) is 10.0 Å². The van der Waals surface area contributed by atoms with Crippen molar-refractivity contribution in [1.29, 1.82) is 0 Å². The van der Waals surface area contributed by atoms with Gasteiger partial charge in [-0.15, -0.1) is 0 Å². The summed E-state index contributed by atoms with van der Waals surface area (Å²) in [6.45, 7) is 1.01. The van der Waals surface area contributed by atoms with Gasteiger partial charge in [0.05, 0.1) is 18.1 Å². The zero-order valence-corrected chi connectivity index (χ0v) is 18.1.